The minimum atomic E-state index is -0.109. The van der Waals surface area contributed by atoms with Gasteiger partial charge in [0, 0.05) is 17.7 Å². The Labute approximate surface area is 171 Å². The van der Waals surface area contributed by atoms with E-state index in [2.05, 4.69) is 11.2 Å². The molecule has 1 heterocycles. The Bertz CT molecular complexity index is 1120. The minimum absolute atomic E-state index is 0.109. The van der Waals surface area contributed by atoms with Gasteiger partial charge in [-0.1, -0.05) is 49.3 Å². The number of benzene rings is 2. The van der Waals surface area contributed by atoms with Crippen molar-refractivity contribution in [2.45, 2.75) is 20.3 Å². The van der Waals surface area contributed by atoms with Crippen molar-refractivity contribution in [2.24, 2.45) is 0 Å². The van der Waals surface area contributed by atoms with Gasteiger partial charge in [-0.3, -0.25) is 4.79 Å². The van der Waals surface area contributed by atoms with E-state index in [0.29, 0.717) is 17.6 Å². The molecule has 29 heavy (non-hydrogen) atoms. The molecule has 144 valence electrons. The summed E-state index contributed by atoms with van der Waals surface area (Å²) in [6.45, 7) is 4.59. The Balaban J connectivity index is 2.19. The fraction of sp³-hybridized carbons (Fsp3) is 0.160. The first-order chi connectivity index (χ1) is 14.2. The molecule has 0 saturated carbocycles. The lowest BCUT2D eigenvalue weighted by molar-refractivity contribution is 0.0954. The van der Waals surface area contributed by atoms with Crippen LogP contribution in [0.3, 0.4) is 0 Å². The van der Waals surface area contributed by atoms with E-state index in [0.717, 1.165) is 34.5 Å². The summed E-state index contributed by atoms with van der Waals surface area (Å²) in [5.41, 5.74) is 5.31. The van der Waals surface area contributed by atoms with Gasteiger partial charge in [-0.05, 0) is 49.3 Å². The first-order valence-electron chi connectivity index (χ1n) is 9.62. The molecule has 0 aliphatic rings. The topological polar surface area (TPSA) is 54.9 Å². The first-order valence-corrected chi connectivity index (χ1v) is 9.62. The number of terminal acetylenes is 1. The summed E-state index contributed by atoms with van der Waals surface area (Å²) in [6.07, 6.45) is 11.7. The molecule has 0 spiro atoms. The molecule has 0 aliphatic heterocycles. The highest BCUT2D eigenvalue weighted by atomic mass is 16.1. The number of fused-ring (bicyclic) bond motifs is 1. The average molecular weight is 381 g/mol. The van der Waals surface area contributed by atoms with E-state index in [1.807, 2.05) is 62.4 Å². The number of rotatable bonds is 6. The minimum Gasteiger partial charge on any atom is -0.352 e. The highest BCUT2D eigenvalue weighted by Crippen LogP contribution is 2.29. The number of nitrogens with zero attached hydrogens (tertiary/aromatic N) is 2. The van der Waals surface area contributed by atoms with Crippen molar-refractivity contribution in [1.29, 1.82) is 0 Å². The third-order valence-electron chi connectivity index (χ3n) is 4.45. The molecule has 3 aromatic rings. The smallest absolute Gasteiger partial charge is 0.251 e. The van der Waals surface area contributed by atoms with Crippen LogP contribution in [0.15, 0.2) is 66.8 Å². The van der Waals surface area contributed by atoms with Gasteiger partial charge < -0.3 is 5.32 Å². The summed E-state index contributed by atoms with van der Waals surface area (Å²) in [6, 6.07) is 15.3. The van der Waals surface area contributed by atoms with Gasteiger partial charge in [0.1, 0.15) is 0 Å². The molecule has 1 N–H and O–H groups in total. The summed E-state index contributed by atoms with van der Waals surface area (Å²) in [4.78, 5) is 22.1. The number of nitrogens with one attached hydrogen (secondary N) is 1. The van der Waals surface area contributed by atoms with Crippen LogP contribution in [0.1, 0.15) is 36.3 Å². The van der Waals surface area contributed by atoms with Gasteiger partial charge in [0.25, 0.3) is 5.91 Å². The Morgan fingerprint density at radius 3 is 2.62 bits per heavy atom. The molecule has 0 saturated heterocycles. The monoisotopic (exact) mass is 381 g/mol. The first kappa shape index (κ1) is 20.0. The van der Waals surface area contributed by atoms with Crippen molar-refractivity contribution in [3.05, 3.63) is 78.0 Å². The van der Waals surface area contributed by atoms with Crippen LogP contribution >= 0.6 is 0 Å². The maximum absolute atomic E-state index is 12.3. The van der Waals surface area contributed by atoms with E-state index in [1.54, 1.807) is 18.2 Å². The molecule has 1 aromatic heterocycles. The van der Waals surface area contributed by atoms with E-state index in [9.17, 15) is 4.79 Å². The van der Waals surface area contributed by atoms with Crippen LogP contribution in [0.2, 0.25) is 0 Å². The highest BCUT2D eigenvalue weighted by molar-refractivity contribution is 5.98. The largest absolute Gasteiger partial charge is 0.352 e. The number of carbonyl (C=O) groups excluding carboxylic acids is 1. The number of hydrogen-bond donors (Lipinski definition) is 1. The fourth-order valence-corrected chi connectivity index (χ4v) is 2.98. The van der Waals surface area contributed by atoms with E-state index in [-0.39, 0.29) is 5.91 Å². The maximum Gasteiger partial charge on any atom is 0.251 e. The number of carbonyl (C=O) groups is 1. The van der Waals surface area contributed by atoms with Gasteiger partial charge in [0.15, 0.2) is 0 Å². The fourth-order valence-electron chi connectivity index (χ4n) is 2.98. The van der Waals surface area contributed by atoms with Crippen molar-refractivity contribution in [3.63, 3.8) is 0 Å². The average Bonchev–Trinajstić information content (AvgIpc) is 2.77. The standard InChI is InChI=1S/C25H23N3O/c1-4-7-11-18(6-3)23-24(19-12-9-8-10-13-19)27-21-15-14-20(17-22(21)28-23)25(29)26-16-5-2/h1,6-15,17H,5,16H2,2-3H3,(H,26,29)/b11-7-,18-6+. The third kappa shape index (κ3) is 4.59. The van der Waals surface area contributed by atoms with Crippen LogP contribution < -0.4 is 5.32 Å². The summed E-state index contributed by atoms with van der Waals surface area (Å²) >= 11 is 0. The van der Waals surface area contributed by atoms with Crippen LogP contribution in [0.4, 0.5) is 0 Å². The predicted molar refractivity (Wildman–Crippen MR) is 119 cm³/mol. The number of aromatic nitrogens is 2. The Kier molecular flexibility index (Phi) is 6.55. The van der Waals surface area contributed by atoms with Crippen molar-refractivity contribution in [2.75, 3.05) is 6.54 Å². The molecule has 3 rings (SSSR count). The predicted octanol–water partition coefficient (Wildman–Crippen LogP) is 5.03. The Hall–Kier alpha value is -3.71. The van der Waals surface area contributed by atoms with Crippen molar-refractivity contribution in [3.8, 4) is 23.6 Å². The lowest BCUT2D eigenvalue weighted by Crippen LogP contribution is -2.23. The molecule has 0 aliphatic carbocycles. The molecule has 1 amide bonds. The lowest BCUT2D eigenvalue weighted by Gasteiger charge is -2.12. The summed E-state index contributed by atoms with van der Waals surface area (Å²) in [7, 11) is 0. The zero-order valence-electron chi connectivity index (χ0n) is 16.6. The van der Waals surface area contributed by atoms with E-state index in [4.69, 9.17) is 16.4 Å². The molecule has 0 radical (unpaired) electrons. The Morgan fingerprint density at radius 1 is 1.14 bits per heavy atom. The SMILES string of the molecule is C#C/C=C\C(=C/C)c1nc2cc(C(=O)NCCC)ccc2nc1-c1ccccc1. The molecule has 0 fully saturated rings. The second kappa shape index (κ2) is 9.48. The molecular weight excluding hydrogens is 358 g/mol. The van der Waals surface area contributed by atoms with Gasteiger partial charge in [0.05, 0.1) is 22.4 Å². The third-order valence-corrected chi connectivity index (χ3v) is 4.45. The quantitative estimate of drug-likeness (QED) is 0.481. The molecule has 2 aromatic carbocycles. The van der Waals surface area contributed by atoms with Crippen molar-refractivity contribution in [1.82, 2.24) is 15.3 Å². The van der Waals surface area contributed by atoms with Gasteiger partial charge in [-0.15, -0.1) is 6.42 Å². The van der Waals surface area contributed by atoms with Crippen LogP contribution in [-0.2, 0) is 0 Å². The molecule has 4 nitrogen and oxygen atoms in total. The van der Waals surface area contributed by atoms with Crippen LogP contribution in [0, 0.1) is 12.3 Å². The summed E-state index contributed by atoms with van der Waals surface area (Å²) in [5.74, 6) is 2.41. The van der Waals surface area contributed by atoms with E-state index >= 15 is 0 Å². The molecule has 0 unspecified atom stereocenters. The van der Waals surface area contributed by atoms with Crippen molar-refractivity contribution >= 4 is 22.5 Å². The molecular formula is C25H23N3O. The van der Waals surface area contributed by atoms with Crippen LogP contribution in [0.25, 0.3) is 27.9 Å². The number of allylic oxidation sites excluding steroid dienone is 4. The van der Waals surface area contributed by atoms with E-state index < -0.39 is 0 Å². The zero-order valence-corrected chi connectivity index (χ0v) is 16.6. The van der Waals surface area contributed by atoms with Gasteiger partial charge in [-0.2, -0.15) is 0 Å². The maximum atomic E-state index is 12.3. The highest BCUT2D eigenvalue weighted by Gasteiger charge is 2.15. The van der Waals surface area contributed by atoms with Crippen LogP contribution in [0.5, 0.6) is 0 Å². The van der Waals surface area contributed by atoms with Crippen molar-refractivity contribution < 1.29 is 4.79 Å². The summed E-state index contributed by atoms with van der Waals surface area (Å²) in [5, 5.41) is 2.90. The molecule has 4 heteroatoms. The lowest BCUT2D eigenvalue weighted by atomic mass is 10.0. The van der Waals surface area contributed by atoms with Crippen LogP contribution in [-0.4, -0.2) is 22.4 Å². The second-order valence-corrected chi connectivity index (χ2v) is 6.49. The zero-order chi connectivity index (χ0) is 20.6. The summed E-state index contributed by atoms with van der Waals surface area (Å²) < 4.78 is 0. The van der Waals surface area contributed by atoms with E-state index in [1.165, 1.54) is 0 Å². The van der Waals surface area contributed by atoms with Gasteiger partial charge >= 0.3 is 0 Å². The van der Waals surface area contributed by atoms with Gasteiger partial charge in [0.2, 0.25) is 0 Å². The molecule has 0 atom stereocenters. The normalized spacial score (nSPS) is 11.6. The van der Waals surface area contributed by atoms with Gasteiger partial charge in [-0.25, -0.2) is 9.97 Å². The molecule has 0 bridgehead atoms. The Morgan fingerprint density at radius 2 is 1.93 bits per heavy atom. The number of amides is 1. The second-order valence-electron chi connectivity index (χ2n) is 6.49. The number of hydrogen-bond acceptors (Lipinski definition) is 3.